The summed E-state index contributed by atoms with van der Waals surface area (Å²) in [5.74, 6) is 0.635. The Morgan fingerprint density at radius 1 is 1.07 bits per heavy atom. The molecule has 0 unspecified atom stereocenters. The van der Waals surface area contributed by atoms with Gasteiger partial charge in [-0.05, 0) is 42.8 Å². The molecule has 142 valence electrons. The van der Waals surface area contributed by atoms with E-state index in [-0.39, 0.29) is 0 Å². The monoisotopic (exact) mass is 408 g/mol. The summed E-state index contributed by atoms with van der Waals surface area (Å²) in [7, 11) is 0. The maximum atomic E-state index is 4.95. The number of thiophene rings is 1. The summed E-state index contributed by atoms with van der Waals surface area (Å²) in [5, 5.41) is 7.60. The summed E-state index contributed by atoms with van der Waals surface area (Å²) < 4.78 is 0. The third kappa shape index (κ3) is 3.53. The second-order valence-electron chi connectivity index (χ2n) is 6.71. The van der Waals surface area contributed by atoms with Crippen LogP contribution in [0.25, 0.3) is 21.6 Å². The van der Waals surface area contributed by atoms with Crippen molar-refractivity contribution in [1.82, 2.24) is 15.0 Å². The molecular formula is C20H20N6S2. The van der Waals surface area contributed by atoms with Crippen molar-refractivity contribution in [3.05, 3.63) is 46.7 Å². The van der Waals surface area contributed by atoms with Gasteiger partial charge in [-0.3, -0.25) is 0 Å². The third-order valence-corrected chi connectivity index (χ3v) is 6.69. The van der Waals surface area contributed by atoms with Crippen molar-refractivity contribution in [2.45, 2.75) is 19.3 Å². The highest BCUT2D eigenvalue weighted by molar-refractivity contribution is 7.18. The number of benzene rings is 1. The van der Waals surface area contributed by atoms with Crippen LogP contribution in [0.3, 0.4) is 0 Å². The molecule has 28 heavy (non-hydrogen) atoms. The van der Waals surface area contributed by atoms with Gasteiger partial charge in [0.2, 0.25) is 5.95 Å². The molecule has 0 bridgehead atoms. The summed E-state index contributed by atoms with van der Waals surface area (Å²) in [6.07, 6.45) is 5.65. The number of piperidine rings is 1. The normalized spacial score (nSPS) is 14.9. The number of para-hydroxylation sites is 2. The Bertz CT molecular complexity index is 1060. The highest BCUT2D eigenvalue weighted by atomic mass is 32.1. The Labute approximate surface area is 171 Å². The highest BCUT2D eigenvalue weighted by Gasteiger charge is 2.19. The predicted octanol–water partition coefficient (Wildman–Crippen LogP) is 5.18. The molecule has 1 saturated heterocycles. The van der Waals surface area contributed by atoms with Crippen LogP contribution in [0.4, 0.5) is 11.1 Å². The van der Waals surface area contributed by atoms with Gasteiger partial charge in [-0.1, -0.05) is 29.5 Å². The van der Waals surface area contributed by atoms with Crippen LogP contribution in [0.2, 0.25) is 0 Å². The summed E-state index contributed by atoms with van der Waals surface area (Å²) in [6.45, 7) is 2.18. The van der Waals surface area contributed by atoms with Crippen LogP contribution in [0.1, 0.15) is 24.1 Å². The number of hydrogen-bond acceptors (Lipinski definition) is 7. The minimum atomic E-state index is 0.635. The van der Waals surface area contributed by atoms with Gasteiger partial charge >= 0.3 is 0 Å². The number of fused-ring (bicyclic) bond motifs is 1. The van der Waals surface area contributed by atoms with Crippen LogP contribution in [-0.2, 0) is 0 Å². The van der Waals surface area contributed by atoms with Crippen molar-refractivity contribution in [2.75, 3.05) is 23.4 Å². The molecule has 4 aromatic rings. The zero-order chi connectivity index (χ0) is 18.8. The molecular weight excluding hydrogens is 388 g/mol. The van der Waals surface area contributed by atoms with Crippen LogP contribution in [0, 0.1) is 0 Å². The molecule has 5 rings (SSSR count). The molecule has 0 spiro atoms. The minimum Gasteiger partial charge on any atom is -0.348 e. The Balaban J connectivity index is 1.41. The van der Waals surface area contributed by atoms with Crippen LogP contribution < -0.4 is 10.3 Å². The molecule has 1 aromatic carbocycles. The molecule has 1 aliphatic heterocycles. The van der Waals surface area contributed by atoms with Crippen molar-refractivity contribution in [3.63, 3.8) is 0 Å². The molecule has 3 aromatic heterocycles. The maximum Gasteiger partial charge on any atom is 0.222 e. The van der Waals surface area contributed by atoms with Crippen molar-refractivity contribution in [3.8, 4) is 10.6 Å². The molecule has 6 nitrogen and oxygen atoms in total. The zero-order valence-electron chi connectivity index (χ0n) is 15.3. The van der Waals surface area contributed by atoms with E-state index in [1.54, 1.807) is 22.7 Å². The van der Waals surface area contributed by atoms with Gasteiger partial charge in [0.05, 0.1) is 27.0 Å². The van der Waals surface area contributed by atoms with E-state index in [4.69, 9.17) is 4.98 Å². The smallest absolute Gasteiger partial charge is 0.222 e. The summed E-state index contributed by atoms with van der Waals surface area (Å²) in [4.78, 5) is 17.3. The Kier molecular flexibility index (Phi) is 4.80. The molecule has 8 heteroatoms. The number of nitrogens with zero attached hydrogens (tertiary/aromatic N) is 4. The number of aromatic amines is 1. The first-order valence-electron chi connectivity index (χ1n) is 9.40. The van der Waals surface area contributed by atoms with E-state index in [1.807, 2.05) is 30.5 Å². The van der Waals surface area contributed by atoms with Gasteiger partial charge in [-0.25, -0.2) is 15.4 Å². The Morgan fingerprint density at radius 2 is 1.96 bits per heavy atom. The second-order valence-corrected chi connectivity index (χ2v) is 8.66. The average Bonchev–Trinajstić information content (AvgIpc) is 3.47. The van der Waals surface area contributed by atoms with Gasteiger partial charge < -0.3 is 9.88 Å². The average molecular weight is 409 g/mol. The molecule has 0 radical (unpaired) electrons. The molecule has 0 saturated carbocycles. The molecule has 0 amide bonds. The fraction of sp³-hybridized carbons (Fsp3) is 0.250. The lowest BCUT2D eigenvalue weighted by molar-refractivity contribution is 0.577. The van der Waals surface area contributed by atoms with E-state index >= 15 is 0 Å². The number of rotatable bonds is 5. The van der Waals surface area contributed by atoms with Gasteiger partial charge in [-0.15, -0.1) is 11.3 Å². The number of anilines is 2. The Hall–Kier alpha value is -2.71. The third-order valence-electron chi connectivity index (χ3n) is 4.76. The van der Waals surface area contributed by atoms with Crippen molar-refractivity contribution in [2.24, 2.45) is 5.10 Å². The van der Waals surface area contributed by atoms with Crippen LogP contribution >= 0.6 is 22.7 Å². The lowest BCUT2D eigenvalue weighted by Gasteiger charge is -2.25. The Morgan fingerprint density at radius 3 is 2.79 bits per heavy atom. The van der Waals surface area contributed by atoms with Crippen molar-refractivity contribution < 1.29 is 0 Å². The largest absolute Gasteiger partial charge is 0.348 e. The SMILES string of the molecule is C(=NNc1nc2ccccc2[nH]1)c1sc(N2CCCCC2)nc1-c1cccs1. The van der Waals surface area contributed by atoms with Gasteiger partial charge in [0.25, 0.3) is 0 Å². The van der Waals surface area contributed by atoms with Gasteiger partial charge in [0.15, 0.2) is 5.13 Å². The lowest BCUT2D eigenvalue weighted by atomic mass is 10.1. The highest BCUT2D eigenvalue weighted by Crippen LogP contribution is 2.35. The first-order chi connectivity index (χ1) is 13.9. The van der Waals surface area contributed by atoms with Gasteiger partial charge in [-0.2, -0.15) is 5.10 Å². The number of H-pyrrole nitrogens is 1. The fourth-order valence-electron chi connectivity index (χ4n) is 3.38. The maximum absolute atomic E-state index is 4.95. The number of thiazole rings is 1. The van der Waals surface area contributed by atoms with E-state index in [0.29, 0.717) is 5.95 Å². The molecule has 2 N–H and O–H groups in total. The second kappa shape index (κ2) is 7.73. The first-order valence-corrected chi connectivity index (χ1v) is 11.1. The van der Waals surface area contributed by atoms with Crippen molar-refractivity contribution >= 4 is 51.0 Å². The van der Waals surface area contributed by atoms with E-state index in [0.717, 1.165) is 39.8 Å². The van der Waals surface area contributed by atoms with E-state index < -0.39 is 0 Å². The minimum absolute atomic E-state index is 0.635. The molecule has 1 aliphatic rings. The number of nitrogens with one attached hydrogen (secondary N) is 2. The molecule has 0 atom stereocenters. The summed E-state index contributed by atoms with van der Waals surface area (Å²) in [5.41, 5.74) is 5.94. The number of hydrazone groups is 1. The molecule has 4 heterocycles. The van der Waals surface area contributed by atoms with E-state index in [1.165, 1.54) is 24.1 Å². The van der Waals surface area contributed by atoms with Crippen LogP contribution in [-0.4, -0.2) is 34.3 Å². The van der Waals surface area contributed by atoms with Crippen LogP contribution in [0.15, 0.2) is 46.9 Å². The van der Waals surface area contributed by atoms with Crippen LogP contribution in [0.5, 0.6) is 0 Å². The topological polar surface area (TPSA) is 69.2 Å². The number of aromatic nitrogens is 3. The summed E-state index contributed by atoms with van der Waals surface area (Å²) >= 11 is 3.41. The predicted molar refractivity (Wildman–Crippen MR) is 119 cm³/mol. The molecule has 1 fully saturated rings. The lowest BCUT2D eigenvalue weighted by Crippen LogP contribution is -2.29. The molecule has 0 aliphatic carbocycles. The van der Waals surface area contributed by atoms with E-state index in [9.17, 15) is 0 Å². The van der Waals surface area contributed by atoms with Crippen molar-refractivity contribution in [1.29, 1.82) is 0 Å². The number of hydrogen-bond donors (Lipinski definition) is 2. The quantitative estimate of drug-likeness (QED) is 0.352. The van der Waals surface area contributed by atoms with E-state index in [2.05, 4.69) is 42.9 Å². The zero-order valence-corrected chi connectivity index (χ0v) is 16.9. The standard InChI is InChI=1S/C20H20N6S2/c1-4-10-26(11-5-1)20-24-18(16-9-6-12-27-16)17(28-20)13-21-25-19-22-14-7-2-3-8-15(14)23-19/h2-3,6-9,12-13H,1,4-5,10-11H2,(H2,22,23,25). The fourth-order valence-corrected chi connectivity index (χ4v) is 5.17. The van der Waals surface area contributed by atoms with Gasteiger partial charge in [0.1, 0.15) is 5.69 Å². The first kappa shape index (κ1) is 17.4. The number of imidazole rings is 1. The summed E-state index contributed by atoms with van der Waals surface area (Å²) in [6, 6.07) is 12.1. The van der Waals surface area contributed by atoms with Gasteiger partial charge in [0, 0.05) is 13.1 Å².